The molecule has 25 heavy (non-hydrogen) atoms. The van der Waals surface area contributed by atoms with Crippen molar-refractivity contribution < 1.29 is 14.3 Å². The van der Waals surface area contributed by atoms with Gasteiger partial charge in [0.1, 0.15) is 17.1 Å². The Morgan fingerprint density at radius 1 is 0.880 bits per heavy atom. The topological polar surface area (TPSA) is 60.5 Å². The Labute approximate surface area is 146 Å². The van der Waals surface area contributed by atoms with Crippen LogP contribution in [0, 0.1) is 0 Å². The minimum atomic E-state index is -0.318. The Morgan fingerprint density at radius 3 is 2.20 bits per heavy atom. The van der Waals surface area contributed by atoms with E-state index < -0.39 is 0 Å². The highest BCUT2D eigenvalue weighted by atomic mass is 16.5. The van der Waals surface area contributed by atoms with Crippen molar-refractivity contribution in [1.29, 1.82) is 0 Å². The van der Waals surface area contributed by atoms with Crippen LogP contribution in [0.3, 0.4) is 0 Å². The monoisotopic (exact) mass is 334 g/mol. The molecule has 126 valence electrons. The van der Waals surface area contributed by atoms with Gasteiger partial charge in [-0.3, -0.25) is 9.78 Å². The summed E-state index contributed by atoms with van der Waals surface area (Å²) >= 11 is 0. The SMILES string of the molecule is COc1cccc(OC)c1C(=O)Nc1cncc(-c2ccccc2)c1. The lowest BCUT2D eigenvalue weighted by atomic mass is 10.1. The molecule has 0 atom stereocenters. The van der Waals surface area contributed by atoms with E-state index in [9.17, 15) is 4.79 Å². The number of carbonyl (C=O) groups excluding carboxylic acids is 1. The van der Waals surface area contributed by atoms with E-state index >= 15 is 0 Å². The molecule has 0 bridgehead atoms. The van der Waals surface area contributed by atoms with E-state index in [1.807, 2.05) is 36.4 Å². The van der Waals surface area contributed by atoms with Gasteiger partial charge >= 0.3 is 0 Å². The van der Waals surface area contributed by atoms with Crippen LogP contribution in [0.5, 0.6) is 11.5 Å². The van der Waals surface area contributed by atoms with Crippen LogP contribution in [-0.2, 0) is 0 Å². The first-order valence-electron chi connectivity index (χ1n) is 7.75. The summed E-state index contributed by atoms with van der Waals surface area (Å²) in [6.45, 7) is 0. The van der Waals surface area contributed by atoms with Crippen molar-refractivity contribution in [2.24, 2.45) is 0 Å². The normalized spacial score (nSPS) is 10.2. The fourth-order valence-electron chi connectivity index (χ4n) is 2.57. The Bertz CT molecular complexity index is 857. The van der Waals surface area contributed by atoms with E-state index in [2.05, 4.69) is 10.3 Å². The highest BCUT2D eigenvalue weighted by Crippen LogP contribution is 2.29. The average Bonchev–Trinajstić information content (AvgIpc) is 2.68. The molecule has 3 aromatic rings. The van der Waals surface area contributed by atoms with Gasteiger partial charge in [0.25, 0.3) is 5.91 Å². The molecule has 3 rings (SSSR count). The fourth-order valence-corrected chi connectivity index (χ4v) is 2.57. The van der Waals surface area contributed by atoms with E-state index in [0.29, 0.717) is 22.7 Å². The van der Waals surface area contributed by atoms with Crippen LogP contribution in [0.25, 0.3) is 11.1 Å². The predicted octanol–water partition coefficient (Wildman–Crippen LogP) is 4.02. The van der Waals surface area contributed by atoms with E-state index in [0.717, 1.165) is 11.1 Å². The number of anilines is 1. The van der Waals surface area contributed by atoms with Crippen molar-refractivity contribution in [3.8, 4) is 22.6 Å². The highest BCUT2D eigenvalue weighted by Gasteiger charge is 2.18. The van der Waals surface area contributed by atoms with Crippen LogP contribution in [-0.4, -0.2) is 25.1 Å². The Kier molecular flexibility index (Phi) is 4.95. The van der Waals surface area contributed by atoms with E-state index in [1.165, 1.54) is 14.2 Å². The standard InChI is InChI=1S/C20H18N2O3/c1-24-17-9-6-10-18(25-2)19(17)20(23)22-16-11-15(12-21-13-16)14-7-4-3-5-8-14/h3-13H,1-2H3,(H,22,23). The van der Waals surface area contributed by atoms with Crippen LogP contribution in [0.15, 0.2) is 67.0 Å². The Morgan fingerprint density at radius 2 is 1.56 bits per heavy atom. The minimum Gasteiger partial charge on any atom is -0.496 e. The number of amides is 1. The van der Waals surface area contributed by atoms with Crippen molar-refractivity contribution in [2.75, 3.05) is 19.5 Å². The van der Waals surface area contributed by atoms with Gasteiger partial charge in [-0.05, 0) is 23.8 Å². The molecule has 5 heteroatoms. The zero-order chi connectivity index (χ0) is 17.6. The van der Waals surface area contributed by atoms with Gasteiger partial charge in [-0.15, -0.1) is 0 Å². The zero-order valence-electron chi connectivity index (χ0n) is 14.0. The summed E-state index contributed by atoms with van der Waals surface area (Å²) in [6, 6.07) is 16.9. The fraction of sp³-hybridized carbons (Fsp3) is 0.100. The first kappa shape index (κ1) is 16.5. The van der Waals surface area contributed by atoms with Crippen LogP contribution in [0.4, 0.5) is 5.69 Å². The number of rotatable bonds is 5. The molecular weight excluding hydrogens is 316 g/mol. The smallest absolute Gasteiger partial charge is 0.263 e. The van der Waals surface area contributed by atoms with Crippen molar-refractivity contribution in [3.63, 3.8) is 0 Å². The molecular formula is C20H18N2O3. The molecule has 2 aromatic carbocycles. The van der Waals surface area contributed by atoms with Crippen molar-refractivity contribution in [3.05, 3.63) is 72.6 Å². The van der Waals surface area contributed by atoms with Crippen LogP contribution in [0.1, 0.15) is 10.4 Å². The van der Waals surface area contributed by atoms with Crippen LogP contribution in [0.2, 0.25) is 0 Å². The molecule has 1 heterocycles. The molecule has 0 aliphatic heterocycles. The highest BCUT2D eigenvalue weighted by molar-refractivity contribution is 6.08. The number of nitrogens with zero attached hydrogens (tertiary/aromatic N) is 1. The molecule has 0 spiro atoms. The van der Waals surface area contributed by atoms with Crippen LogP contribution >= 0.6 is 0 Å². The lowest BCUT2D eigenvalue weighted by molar-refractivity contribution is 0.102. The molecule has 0 saturated carbocycles. The summed E-state index contributed by atoms with van der Waals surface area (Å²) in [5, 5.41) is 2.86. The Hall–Kier alpha value is -3.34. The van der Waals surface area contributed by atoms with Gasteiger partial charge in [-0.25, -0.2) is 0 Å². The number of aromatic nitrogens is 1. The Balaban J connectivity index is 1.90. The van der Waals surface area contributed by atoms with E-state index in [1.54, 1.807) is 30.6 Å². The molecule has 0 aliphatic rings. The molecule has 5 nitrogen and oxygen atoms in total. The number of nitrogens with one attached hydrogen (secondary N) is 1. The number of hydrogen-bond acceptors (Lipinski definition) is 4. The maximum atomic E-state index is 12.7. The maximum absolute atomic E-state index is 12.7. The summed E-state index contributed by atoms with van der Waals surface area (Å²) in [6.07, 6.45) is 3.36. The second-order valence-electron chi connectivity index (χ2n) is 5.32. The number of pyridine rings is 1. The van der Waals surface area contributed by atoms with Crippen LogP contribution < -0.4 is 14.8 Å². The third kappa shape index (κ3) is 3.61. The molecule has 1 aromatic heterocycles. The summed E-state index contributed by atoms with van der Waals surface area (Å²) < 4.78 is 10.6. The number of carbonyl (C=O) groups is 1. The van der Waals surface area contributed by atoms with Crippen molar-refractivity contribution in [2.45, 2.75) is 0 Å². The number of methoxy groups -OCH3 is 2. The average molecular weight is 334 g/mol. The molecule has 0 radical (unpaired) electrons. The lowest BCUT2D eigenvalue weighted by Crippen LogP contribution is -2.14. The summed E-state index contributed by atoms with van der Waals surface area (Å²) in [4.78, 5) is 16.9. The number of hydrogen-bond donors (Lipinski definition) is 1. The second-order valence-corrected chi connectivity index (χ2v) is 5.32. The largest absolute Gasteiger partial charge is 0.496 e. The van der Waals surface area contributed by atoms with Gasteiger partial charge < -0.3 is 14.8 Å². The quantitative estimate of drug-likeness (QED) is 0.765. The van der Waals surface area contributed by atoms with Gasteiger partial charge in [0, 0.05) is 11.8 Å². The summed E-state index contributed by atoms with van der Waals surface area (Å²) in [5.74, 6) is 0.578. The number of benzene rings is 2. The summed E-state index contributed by atoms with van der Waals surface area (Å²) in [7, 11) is 3.03. The predicted molar refractivity (Wildman–Crippen MR) is 97.2 cm³/mol. The van der Waals surface area contributed by atoms with Crippen molar-refractivity contribution in [1.82, 2.24) is 4.98 Å². The maximum Gasteiger partial charge on any atom is 0.263 e. The van der Waals surface area contributed by atoms with Crippen molar-refractivity contribution >= 4 is 11.6 Å². The first-order chi connectivity index (χ1) is 12.2. The minimum absolute atomic E-state index is 0.318. The van der Waals surface area contributed by atoms with E-state index in [-0.39, 0.29) is 5.91 Å². The van der Waals surface area contributed by atoms with Gasteiger partial charge in [0.05, 0.1) is 26.1 Å². The van der Waals surface area contributed by atoms with Gasteiger partial charge in [0.15, 0.2) is 0 Å². The number of ether oxygens (including phenoxy) is 2. The first-order valence-corrected chi connectivity index (χ1v) is 7.75. The third-order valence-electron chi connectivity index (χ3n) is 3.76. The molecule has 0 aliphatic carbocycles. The summed E-state index contributed by atoms with van der Waals surface area (Å²) in [5.41, 5.74) is 2.89. The molecule has 0 saturated heterocycles. The molecule has 1 amide bonds. The van der Waals surface area contributed by atoms with Gasteiger partial charge in [-0.1, -0.05) is 36.4 Å². The zero-order valence-corrected chi connectivity index (χ0v) is 14.0. The molecule has 0 unspecified atom stereocenters. The third-order valence-corrected chi connectivity index (χ3v) is 3.76. The molecule has 1 N–H and O–H groups in total. The van der Waals surface area contributed by atoms with Gasteiger partial charge in [0.2, 0.25) is 0 Å². The lowest BCUT2D eigenvalue weighted by Gasteiger charge is -2.13. The molecule has 0 fully saturated rings. The second kappa shape index (κ2) is 7.49. The van der Waals surface area contributed by atoms with Gasteiger partial charge in [-0.2, -0.15) is 0 Å². The van der Waals surface area contributed by atoms with E-state index in [4.69, 9.17) is 9.47 Å².